The fraction of sp³-hybridized carbons (Fsp3) is 0.593. The Morgan fingerprint density at radius 1 is 1.05 bits per heavy atom. The maximum Gasteiger partial charge on any atom is 0.332 e. The summed E-state index contributed by atoms with van der Waals surface area (Å²) in [4.78, 5) is 62.8. The van der Waals surface area contributed by atoms with E-state index in [2.05, 4.69) is 10.6 Å². The molecule has 11 heteroatoms. The minimum absolute atomic E-state index is 0.00292. The van der Waals surface area contributed by atoms with E-state index in [0.717, 1.165) is 0 Å². The summed E-state index contributed by atoms with van der Waals surface area (Å²) in [7, 11) is 0. The van der Waals surface area contributed by atoms with Gasteiger partial charge in [-0.2, -0.15) is 0 Å². The van der Waals surface area contributed by atoms with Crippen LogP contribution < -0.4 is 10.6 Å². The van der Waals surface area contributed by atoms with Gasteiger partial charge >= 0.3 is 17.9 Å². The van der Waals surface area contributed by atoms with Crippen LogP contribution in [0.1, 0.15) is 71.2 Å². The zero-order valence-corrected chi connectivity index (χ0v) is 22.7. The number of cyclic esters (lactones) is 2. The van der Waals surface area contributed by atoms with Crippen LogP contribution in [0, 0.1) is 17.8 Å². The van der Waals surface area contributed by atoms with E-state index in [0.29, 0.717) is 19.3 Å². The summed E-state index contributed by atoms with van der Waals surface area (Å²) in [6, 6.07) is 2.70. The van der Waals surface area contributed by atoms with Crippen LogP contribution in [0.3, 0.4) is 0 Å². The van der Waals surface area contributed by atoms with Gasteiger partial charge in [-0.3, -0.25) is 19.2 Å². The molecule has 38 heavy (non-hydrogen) atoms. The van der Waals surface area contributed by atoms with Gasteiger partial charge in [-0.1, -0.05) is 40.2 Å². The van der Waals surface area contributed by atoms with E-state index in [1.54, 1.807) is 0 Å². The molecule has 11 nitrogen and oxygen atoms in total. The molecule has 0 bridgehead atoms. The molecule has 5 atom stereocenters. The fourth-order valence-electron chi connectivity index (χ4n) is 4.12. The number of nitrogens with one attached hydrogen (secondary N) is 2. The predicted octanol–water partition coefficient (Wildman–Crippen LogP) is 2.95. The van der Waals surface area contributed by atoms with Crippen molar-refractivity contribution in [3.05, 3.63) is 23.8 Å². The lowest BCUT2D eigenvalue weighted by Crippen LogP contribution is -2.50. The van der Waals surface area contributed by atoms with Gasteiger partial charge in [0.15, 0.2) is 17.9 Å². The standard InChI is InChI=1S/C27H38N2O9/c1-14(2)10-11-19-24(38-21(31)12-15(3)4)17(6)37-27(35)22(16(5)36-26(19)34)29-25(33)18-8-7-9-20(23(18)32)28-13-30/h7-9,13-17,19,22,24,32H,10-12H2,1-6H3,(H,28,30)(H,29,33)/t16-,17+,19-,22+,24+/m1/s1. The molecule has 1 aromatic carbocycles. The number of ether oxygens (including phenoxy) is 3. The molecule has 2 rings (SSSR count). The maximum absolute atomic E-state index is 13.3. The molecule has 0 unspecified atom stereocenters. The molecule has 1 saturated heterocycles. The number of benzene rings is 1. The molecule has 1 heterocycles. The van der Waals surface area contributed by atoms with Crippen LogP contribution >= 0.6 is 0 Å². The molecule has 1 aliphatic heterocycles. The third kappa shape index (κ3) is 8.19. The number of rotatable bonds is 10. The number of esters is 3. The number of carbonyl (C=O) groups excluding carboxylic acids is 5. The van der Waals surface area contributed by atoms with E-state index >= 15 is 0 Å². The second-order valence-corrected chi connectivity index (χ2v) is 10.3. The highest BCUT2D eigenvalue weighted by Gasteiger charge is 2.44. The van der Waals surface area contributed by atoms with Gasteiger partial charge in [-0.05, 0) is 44.2 Å². The normalized spacial score (nSPS) is 23.9. The maximum atomic E-state index is 13.3. The Morgan fingerprint density at radius 3 is 2.32 bits per heavy atom. The highest BCUT2D eigenvalue weighted by molar-refractivity contribution is 6.01. The summed E-state index contributed by atoms with van der Waals surface area (Å²) < 4.78 is 16.9. The molecule has 1 aromatic rings. The van der Waals surface area contributed by atoms with Gasteiger partial charge in [-0.15, -0.1) is 0 Å². The van der Waals surface area contributed by atoms with Crippen molar-refractivity contribution in [2.24, 2.45) is 17.8 Å². The summed E-state index contributed by atoms with van der Waals surface area (Å²) >= 11 is 0. The van der Waals surface area contributed by atoms with Crippen LogP contribution in [0.5, 0.6) is 5.75 Å². The lowest BCUT2D eigenvalue weighted by atomic mass is 9.90. The van der Waals surface area contributed by atoms with Crippen molar-refractivity contribution >= 4 is 35.9 Å². The Hall–Kier alpha value is -3.63. The predicted molar refractivity (Wildman–Crippen MR) is 137 cm³/mol. The van der Waals surface area contributed by atoms with E-state index in [1.165, 1.54) is 32.0 Å². The topological polar surface area (TPSA) is 157 Å². The third-order valence-corrected chi connectivity index (χ3v) is 6.17. The van der Waals surface area contributed by atoms with E-state index < -0.39 is 59.8 Å². The first-order valence-electron chi connectivity index (χ1n) is 12.8. The molecule has 210 valence electrons. The van der Waals surface area contributed by atoms with Gasteiger partial charge in [0.1, 0.15) is 12.2 Å². The molecule has 2 amide bonds. The number of hydrogen-bond donors (Lipinski definition) is 3. The molecule has 1 aliphatic rings. The van der Waals surface area contributed by atoms with Gasteiger partial charge in [0.2, 0.25) is 6.41 Å². The zero-order chi connectivity index (χ0) is 28.6. The molecule has 3 N–H and O–H groups in total. The minimum atomic E-state index is -1.42. The number of anilines is 1. The first kappa shape index (κ1) is 30.6. The lowest BCUT2D eigenvalue weighted by molar-refractivity contribution is -0.175. The second-order valence-electron chi connectivity index (χ2n) is 10.3. The first-order chi connectivity index (χ1) is 17.8. The molecular weight excluding hydrogens is 496 g/mol. The number of phenols is 1. The van der Waals surface area contributed by atoms with Gasteiger partial charge in [0.25, 0.3) is 5.91 Å². The van der Waals surface area contributed by atoms with Crippen molar-refractivity contribution in [3.8, 4) is 5.75 Å². The van der Waals surface area contributed by atoms with Gasteiger partial charge in [-0.25, -0.2) is 4.79 Å². The van der Waals surface area contributed by atoms with Gasteiger partial charge in [0.05, 0.1) is 17.2 Å². The summed E-state index contributed by atoms with van der Waals surface area (Å²) in [5, 5.41) is 15.1. The summed E-state index contributed by atoms with van der Waals surface area (Å²) in [5.41, 5.74) is -0.219. The number of amides is 2. The Bertz CT molecular complexity index is 1020. The van der Waals surface area contributed by atoms with Crippen molar-refractivity contribution < 1.29 is 43.3 Å². The number of phenolic OH excluding ortho intramolecular Hbond substituents is 1. The molecule has 0 radical (unpaired) electrons. The van der Waals surface area contributed by atoms with Crippen LogP contribution in [0.25, 0.3) is 0 Å². The average Bonchev–Trinajstić information content (AvgIpc) is 2.84. The summed E-state index contributed by atoms with van der Waals surface area (Å²) in [6.45, 7) is 10.7. The smallest absolute Gasteiger partial charge is 0.332 e. The Labute approximate surface area is 222 Å². The molecule has 1 fully saturated rings. The first-order valence-corrected chi connectivity index (χ1v) is 12.8. The Balaban J connectivity index is 2.36. The SMILES string of the molecule is CC(C)CC[C@H]1C(=O)O[C@H](C)[C@H](NC(=O)c2cccc(NC=O)c2O)C(=O)O[C@@H](C)[C@@H]1OC(=O)CC(C)C. The lowest BCUT2D eigenvalue weighted by Gasteiger charge is -2.29. The second kappa shape index (κ2) is 13.8. The van der Waals surface area contributed by atoms with Crippen molar-refractivity contribution in [1.82, 2.24) is 5.32 Å². The average molecular weight is 535 g/mol. The van der Waals surface area contributed by atoms with Gasteiger partial charge < -0.3 is 30.0 Å². The minimum Gasteiger partial charge on any atom is -0.505 e. The van der Waals surface area contributed by atoms with Crippen molar-refractivity contribution in [2.45, 2.75) is 85.2 Å². The quantitative estimate of drug-likeness (QED) is 0.178. The number of aromatic hydroxyl groups is 1. The zero-order valence-electron chi connectivity index (χ0n) is 22.7. The van der Waals surface area contributed by atoms with Crippen molar-refractivity contribution in [3.63, 3.8) is 0 Å². The van der Waals surface area contributed by atoms with Crippen molar-refractivity contribution in [2.75, 3.05) is 5.32 Å². The van der Waals surface area contributed by atoms with E-state index in [-0.39, 0.29) is 29.5 Å². The summed E-state index contributed by atoms with van der Waals surface area (Å²) in [5.74, 6) is -4.07. The van der Waals surface area contributed by atoms with E-state index in [4.69, 9.17) is 14.2 Å². The molecule has 0 saturated carbocycles. The van der Waals surface area contributed by atoms with Crippen LogP contribution in [-0.4, -0.2) is 59.7 Å². The monoisotopic (exact) mass is 534 g/mol. The largest absolute Gasteiger partial charge is 0.505 e. The molecule has 0 spiro atoms. The number of hydrogen-bond acceptors (Lipinski definition) is 9. The molecule has 0 aromatic heterocycles. The number of carbonyl (C=O) groups is 5. The third-order valence-electron chi connectivity index (χ3n) is 6.17. The van der Waals surface area contributed by atoms with Crippen LogP contribution in [0.15, 0.2) is 18.2 Å². The van der Waals surface area contributed by atoms with Crippen LogP contribution in [0.2, 0.25) is 0 Å². The fourth-order valence-corrected chi connectivity index (χ4v) is 4.12. The number of para-hydroxylation sites is 1. The Morgan fingerprint density at radius 2 is 1.71 bits per heavy atom. The van der Waals surface area contributed by atoms with E-state index in [1.807, 2.05) is 27.7 Å². The molecular formula is C27H38N2O9. The summed E-state index contributed by atoms with van der Waals surface area (Å²) in [6.07, 6.45) is -1.79. The highest BCUT2D eigenvalue weighted by Crippen LogP contribution is 2.29. The molecule has 0 aliphatic carbocycles. The van der Waals surface area contributed by atoms with Crippen LogP contribution in [-0.2, 0) is 33.4 Å². The van der Waals surface area contributed by atoms with Gasteiger partial charge in [0, 0.05) is 6.42 Å². The van der Waals surface area contributed by atoms with Crippen LogP contribution in [0.4, 0.5) is 5.69 Å². The highest BCUT2D eigenvalue weighted by atomic mass is 16.6. The Kier molecular flexibility index (Phi) is 11.1. The van der Waals surface area contributed by atoms with Crippen molar-refractivity contribution in [1.29, 1.82) is 0 Å². The van der Waals surface area contributed by atoms with E-state index in [9.17, 15) is 29.1 Å².